The van der Waals surface area contributed by atoms with Crippen molar-refractivity contribution < 1.29 is 68.1 Å². The monoisotopic (exact) mass is 1230 g/mol. The fraction of sp³-hybridized carbons (Fsp3) is 0.574. The number of Topliss-reactive ketones (excluding diaryl/α,β-unsaturated/α-hetero) is 3. The summed E-state index contributed by atoms with van der Waals surface area (Å²) in [5, 5.41) is 50.5. The van der Waals surface area contributed by atoms with Crippen LogP contribution >= 0.6 is 0 Å². The van der Waals surface area contributed by atoms with E-state index < -0.39 is 138 Å². The van der Waals surface area contributed by atoms with Crippen LogP contribution in [0.5, 0.6) is 5.75 Å². The van der Waals surface area contributed by atoms with Gasteiger partial charge in [-0.25, -0.2) is 4.79 Å². The Morgan fingerprint density at radius 2 is 1.34 bits per heavy atom. The van der Waals surface area contributed by atoms with Crippen molar-refractivity contribution in [3.05, 3.63) is 65.9 Å². The highest BCUT2D eigenvalue weighted by molar-refractivity contribution is 5.99. The lowest BCUT2D eigenvalue weighted by atomic mass is 9.83. The van der Waals surface area contributed by atoms with Gasteiger partial charge in [0.1, 0.15) is 29.9 Å². The lowest BCUT2D eigenvalue weighted by Gasteiger charge is -2.30. The first-order chi connectivity index (χ1) is 42.0. The van der Waals surface area contributed by atoms with Gasteiger partial charge in [0.15, 0.2) is 23.3 Å². The van der Waals surface area contributed by atoms with Crippen LogP contribution in [0, 0.1) is 23.7 Å². The van der Waals surface area contributed by atoms with E-state index in [2.05, 4.69) is 47.2 Å². The summed E-state index contributed by atoms with van der Waals surface area (Å²) in [4.78, 5) is 158. The number of β-amino-alcohol motifs (C(OH)–C–C–N with tert-alkyl or cyclic N) is 1. The van der Waals surface area contributed by atoms with Crippen molar-refractivity contribution >= 4 is 81.6 Å². The van der Waals surface area contributed by atoms with Crippen molar-refractivity contribution in [3.8, 4) is 5.75 Å². The number of likely N-dealkylation sites (tertiary alicyclic amines) is 1. The van der Waals surface area contributed by atoms with Gasteiger partial charge in [0.05, 0.1) is 30.7 Å². The van der Waals surface area contributed by atoms with E-state index in [1.54, 1.807) is 18.3 Å². The van der Waals surface area contributed by atoms with Gasteiger partial charge in [-0.3, -0.25) is 52.9 Å². The molecular weight excluding hydrogens is 1140 g/mol. The first kappa shape index (κ1) is 68.7. The highest BCUT2D eigenvalue weighted by Gasteiger charge is 2.43. The van der Waals surface area contributed by atoms with Crippen LogP contribution in [0.15, 0.2) is 59.7 Å². The number of aromatic hydroxyl groups is 1. The Hall–Kier alpha value is -8.46. The molecule has 27 heteroatoms. The number of nitrogens with two attached hydrogens (primary N) is 3. The van der Waals surface area contributed by atoms with E-state index in [9.17, 15) is 68.1 Å². The maximum absolute atomic E-state index is 14.3. The first-order valence-electron chi connectivity index (χ1n) is 30.3. The SMILES string of the molecule is CN=C(N)NCCC[C@H](CC(=O)[C@H](CC1CC1)NC(=O)CCC(=O)[C@H](CC1CCCCC1)NC(=O)[C@H](CO)CC(=O)[C@H](CNC(N)=O)NC(=O)[C@@H]1C[C@@H](O)CN1C(=O)[C@@H](Cc1ccc(O)cc1)NC(C)=O)C(=O)N[C@@H](Cc1c[nH]c2ccccc12)C(N)=O. The molecule has 1 aliphatic heterocycles. The Balaban J connectivity index is 1.10. The normalized spacial score (nSPS) is 18.5. The number of aromatic amines is 1. The number of hydrogen-bond donors (Lipinski definition) is 14. The molecule has 9 atom stereocenters. The second-order valence-corrected chi connectivity index (χ2v) is 23.5. The molecule has 2 aromatic carbocycles. The molecule has 88 heavy (non-hydrogen) atoms. The summed E-state index contributed by atoms with van der Waals surface area (Å²) in [6, 6.07) is 4.80. The molecule has 1 saturated heterocycles. The van der Waals surface area contributed by atoms with Crippen LogP contribution < -0.4 is 54.4 Å². The predicted octanol–water partition coefficient (Wildman–Crippen LogP) is -0.205. The zero-order chi connectivity index (χ0) is 64.0. The largest absolute Gasteiger partial charge is 0.508 e. The minimum absolute atomic E-state index is 0.0118. The number of nitrogens with zero attached hydrogens (tertiary/aromatic N) is 2. The molecule has 0 unspecified atom stereocenters. The zero-order valence-corrected chi connectivity index (χ0v) is 50.1. The average Bonchev–Trinajstić information content (AvgIpc) is 3.20. The van der Waals surface area contributed by atoms with Crippen molar-refractivity contribution in [3.63, 3.8) is 0 Å². The highest BCUT2D eigenvalue weighted by atomic mass is 16.3. The molecule has 2 saturated carbocycles. The zero-order valence-electron chi connectivity index (χ0n) is 50.1. The second-order valence-electron chi connectivity index (χ2n) is 23.5. The molecule has 2 aliphatic carbocycles. The number of aliphatic hydroxyl groups is 2. The van der Waals surface area contributed by atoms with Crippen LogP contribution in [0.3, 0.4) is 0 Å². The van der Waals surface area contributed by atoms with Gasteiger partial charge >= 0.3 is 6.03 Å². The van der Waals surface area contributed by atoms with E-state index in [0.29, 0.717) is 24.9 Å². The van der Waals surface area contributed by atoms with E-state index in [1.807, 2.05) is 24.3 Å². The molecule has 480 valence electrons. The lowest BCUT2D eigenvalue weighted by Crippen LogP contribution is -2.57. The van der Waals surface area contributed by atoms with Gasteiger partial charge in [-0.05, 0) is 66.8 Å². The molecule has 9 amide bonds. The molecule has 1 aromatic heterocycles. The number of phenols is 1. The third-order valence-electron chi connectivity index (χ3n) is 16.6. The molecule has 3 aromatic rings. The van der Waals surface area contributed by atoms with Crippen molar-refractivity contribution in [1.82, 2.24) is 47.1 Å². The Bertz CT molecular complexity index is 2980. The number of carbonyl (C=O) groups is 11. The summed E-state index contributed by atoms with van der Waals surface area (Å²) < 4.78 is 0. The summed E-state index contributed by atoms with van der Waals surface area (Å²) in [6.45, 7) is -0.281. The fourth-order valence-electron chi connectivity index (χ4n) is 11.5. The molecule has 0 spiro atoms. The molecule has 27 nitrogen and oxygen atoms in total. The van der Waals surface area contributed by atoms with Crippen LogP contribution in [0.2, 0.25) is 0 Å². The summed E-state index contributed by atoms with van der Waals surface area (Å²) in [5.41, 5.74) is 19.1. The smallest absolute Gasteiger partial charge is 0.312 e. The molecule has 3 aliphatic rings. The molecule has 0 radical (unpaired) electrons. The number of aliphatic imine (C=N–C) groups is 1. The fourth-order valence-corrected chi connectivity index (χ4v) is 11.5. The number of ketones is 3. The summed E-state index contributed by atoms with van der Waals surface area (Å²) >= 11 is 0. The number of urea groups is 1. The maximum Gasteiger partial charge on any atom is 0.312 e. The van der Waals surface area contributed by atoms with Gasteiger partial charge in [0, 0.05) is 102 Å². The number of hydrogen-bond acceptors (Lipinski definition) is 15. The molecule has 17 N–H and O–H groups in total. The number of amides is 9. The van der Waals surface area contributed by atoms with Crippen LogP contribution in [-0.4, -0.2) is 172 Å². The summed E-state index contributed by atoms with van der Waals surface area (Å²) in [5.74, 6) is -9.03. The number of carbonyl (C=O) groups excluding carboxylic acids is 11. The molecule has 3 fully saturated rings. The second kappa shape index (κ2) is 33.6. The molecule has 6 rings (SSSR count). The van der Waals surface area contributed by atoms with Gasteiger partial charge in [-0.1, -0.05) is 75.3 Å². The summed E-state index contributed by atoms with van der Waals surface area (Å²) in [7, 11) is 1.51. The Labute approximate surface area is 510 Å². The number of fused-ring (bicyclic) bond motifs is 1. The quantitative estimate of drug-likeness (QED) is 0.0206. The van der Waals surface area contributed by atoms with Gasteiger partial charge in [-0.15, -0.1) is 0 Å². The summed E-state index contributed by atoms with van der Waals surface area (Å²) in [6.07, 6.45) is 5.53. The highest BCUT2D eigenvalue weighted by Crippen LogP contribution is 2.35. The van der Waals surface area contributed by atoms with Gasteiger partial charge < -0.3 is 79.6 Å². The molecule has 0 bridgehead atoms. The number of aliphatic hydroxyl groups excluding tert-OH is 2. The van der Waals surface area contributed by atoms with Crippen molar-refractivity contribution in [2.75, 3.05) is 33.3 Å². The van der Waals surface area contributed by atoms with Gasteiger partial charge in [-0.2, -0.15) is 0 Å². The van der Waals surface area contributed by atoms with Crippen LogP contribution in [0.4, 0.5) is 4.79 Å². The number of aromatic nitrogens is 1. The standard InChI is InChI=1S/C61H87N13O14/c1-34(76)69-48(25-37-16-18-41(77)19-17-37)59(87)74-32-42(78)29-50(74)58(86)73-49(31-68-61(64)88)53(81)28-40(33-75)57(85)71-45(23-35-9-4-3-5-10-35)51(79)20-21-54(82)70-46(24-36-14-15-36)52(80)27-38(11-8-22-66-60(63)65-2)56(84)72-47(55(62)83)26-39-30-67-44-13-7-6-12-43(39)44/h6-7,12-13,16-19,30,35-36,38,40,42,45-50,67,75,77-78H,3-5,8-11,14-15,20-29,31-33H2,1-2H3,(H2,62,83)(H,69,76)(H,70,82)(H,71,85)(H,72,84)(H,73,86)(H3,63,65,66)(H3,64,68,88)/t38-,40+,42-,45+,46+,47+,48-,49+,50+/m1/s1. The number of benzene rings is 2. The van der Waals surface area contributed by atoms with Gasteiger partial charge in [0.25, 0.3) is 0 Å². The number of primary amides is 2. The first-order valence-corrected chi connectivity index (χ1v) is 30.3. The number of phenolic OH excluding ortho intramolecular Hbond substituents is 1. The third-order valence-corrected chi connectivity index (χ3v) is 16.6. The van der Waals surface area contributed by atoms with E-state index in [1.165, 1.54) is 26.1 Å². The van der Waals surface area contributed by atoms with Crippen molar-refractivity contribution in [2.24, 2.45) is 45.9 Å². The van der Waals surface area contributed by atoms with Crippen molar-refractivity contribution in [2.45, 2.75) is 165 Å². The van der Waals surface area contributed by atoms with E-state index in [4.69, 9.17) is 17.2 Å². The van der Waals surface area contributed by atoms with Crippen LogP contribution in [0.25, 0.3) is 10.9 Å². The van der Waals surface area contributed by atoms with E-state index in [-0.39, 0.29) is 81.5 Å². The average molecular weight is 1230 g/mol. The van der Waals surface area contributed by atoms with Crippen molar-refractivity contribution in [1.29, 1.82) is 0 Å². The predicted molar refractivity (Wildman–Crippen MR) is 323 cm³/mol. The Morgan fingerprint density at radius 1 is 0.705 bits per heavy atom. The number of H-pyrrole nitrogens is 1. The third kappa shape index (κ3) is 21.4. The minimum Gasteiger partial charge on any atom is -0.508 e. The molecule has 2 heterocycles. The number of para-hydroxylation sites is 1. The number of nitrogens with one attached hydrogen (secondary N) is 8. The Kier molecular flexibility index (Phi) is 26.2. The topological polar surface area (TPSA) is 442 Å². The molecular formula is C61H87N13O14. The van der Waals surface area contributed by atoms with Gasteiger partial charge in [0.2, 0.25) is 41.4 Å². The van der Waals surface area contributed by atoms with Crippen LogP contribution in [-0.2, 0) is 60.8 Å². The number of guanidine groups is 1. The minimum atomic E-state index is -1.59. The van der Waals surface area contributed by atoms with E-state index in [0.717, 1.165) is 66.3 Å². The maximum atomic E-state index is 14.3. The van der Waals surface area contributed by atoms with E-state index >= 15 is 0 Å². The number of rotatable bonds is 35. The Morgan fingerprint density at radius 3 is 1.99 bits per heavy atom. The lowest BCUT2D eigenvalue weighted by molar-refractivity contribution is -0.142. The van der Waals surface area contributed by atoms with Crippen LogP contribution in [0.1, 0.15) is 121 Å².